The molecule has 0 saturated carbocycles. The van der Waals surface area contributed by atoms with Crippen LogP contribution < -0.4 is 0 Å². The Balaban J connectivity index is 1.87. The lowest BCUT2D eigenvalue weighted by Crippen LogP contribution is -2.07. The fraction of sp³-hybridized carbons (Fsp3) is 0.125. The summed E-state index contributed by atoms with van der Waals surface area (Å²) in [5, 5.41) is 11.1. The number of benzene rings is 1. The van der Waals surface area contributed by atoms with Crippen molar-refractivity contribution in [2.24, 2.45) is 0 Å². The maximum Gasteiger partial charge on any atom is 0.147 e. The minimum Gasteiger partial charge on any atom is -0.386 e. The molecule has 0 aliphatic rings. The van der Waals surface area contributed by atoms with Gasteiger partial charge >= 0.3 is 0 Å². The van der Waals surface area contributed by atoms with Gasteiger partial charge in [0.15, 0.2) is 0 Å². The number of pyridine rings is 2. The largest absolute Gasteiger partial charge is 0.386 e. The Hall–Kier alpha value is -2.33. The van der Waals surface area contributed by atoms with Gasteiger partial charge in [-0.1, -0.05) is 24.3 Å². The number of hydrogen-bond donors (Lipinski definition) is 1. The van der Waals surface area contributed by atoms with E-state index < -0.39 is 11.9 Å². The Kier molecular flexibility index (Phi) is 3.39. The van der Waals surface area contributed by atoms with Crippen LogP contribution in [0.3, 0.4) is 0 Å². The van der Waals surface area contributed by atoms with Crippen LogP contribution in [0.15, 0.2) is 54.7 Å². The number of aliphatic hydroxyl groups is 1. The van der Waals surface area contributed by atoms with Crippen LogP contribution in [0.1, 0.15) is 17.5 Å². The molecule has 3 rings (SSSR count). The first-order chi connectivity index (χ1) is 9.74. The van der Waals surface area contributed by atoms with E-state index in [4.69, 9.17) is 0 Å². The van der Waals surface area contributed by atoms with Crippen molar-refractivity contribution >= 4 is 10.9 Å². The summed E-state index contributed by atoms with van der Waals surface area (Å²) < 4.78 is 13.6. The summed E-state index contributed by atoms with van der Waals surface area (Å²) in [6.07, 6.45) is 0.707. The van der Waals surface area contributed by atoms with Gasteiger partial charge in [-0.05, 0) is 24.3 Å². The number of aromatic nitrogens is 2. The molecular formula is C16H13FN2O. The molecule has 0 bridgehead atoms. The molecule has 1 atom stereocenters. The van der Waals surface area contributed by atoms with Crippen molar-refractivity contribution in [1.82, 2.24) is 9.97 Å². The van der Waals surface area contributed by atoms with E-state index >= 15 is 0 Å². The molecule has 4 heteroatoms. The second-order valence-corrected chi connectivity index (χ2v) is 4.59. The lowest BCUT2D eigenvalue weighted by molar-refractivity contribution is 0.167. The first-order valence-electron chi connectivity index (χ1n) is 6.37. The predicted molar refractivity (Wildman–Crippen MR) is 74.6 cm³/mol. The number of rotatable bonds is 3. The second kappa shape index (κ2) is 5.35. The van der Waals surface area contributed by atoms with Gasteiger partial charge in [-0.15, -0.1) is 0 Å². The number of nitrogens with zero attached hydrogens (tertiary/aromatic N) is 2. The molecule has 1 N–H and O–H groups in total. The highest BCUT2D eigenvalue weighted by molar-refractivity contribution is 5.78. The molecule has 0 fully saturated rings. The molecule has 100 valence electrons. The van der Waals surface area contributed by atoms with Crippen molar-refractivity contribution in [2.45, 2.75) is 12.5 Å². The van der Waals surface area contributed by atoms with Crippen LogP contribution in [0.2, 0.25) is 0 Å². The van der Waals surface area contributed by atoms with Crippen molar-refractivity contribution in [1.29, 1.82) is 0 Å². The van der Waals surface area contributed by atoms with Crippen LogP contribution >= 0.6 is 0 Å². The number of para-hydroxylation sites is 1. The fourth-order valence-corrected chi connectivity index (χ4v) is 2.16. The normalized spacial score (nSPS) is 12.5. The number of aliphatic hydroxyl groups excluding tert-OH is 1. The van der Waals surface area contributed by atoms with Crippen LogP contribution in [-0.4, -0.2) is 15.1 Å². The predicted octanol–water partition coefficient (Wildman–Crippen LogP) is 3.05. The second-order valence-electron chi connectivity index (χ2n) is 4.59. The number of halogens is 1. The van der Waals surface area contributed by atoms with Gasteiger partial charge in [-0.25, -0.2) is 4.39 Å². The molecule has 0 saturated heterocycles. The molecule has 0 aliphatic carbocycles. The molecule has 1 unspecified atom stereocenters. The molecular weight excluding hydrogens is 255 g/mol. The lowest BCUT2D eigenvalue weighted by Gasteiger charge is -2.10. The summed E-state index contributed by atoms with van der Waals surface area (Å²) in [5.74, 6) is -0.499. The van der Waals surface area contributed by atoms with E-state index in [0.29, 0.717) is 5.69 Å². The summed E-state index contributed by atoms with van der Waals surface area (Å²) in [6, 6.07) is 14.3. The van der Waals surface area contributed by atoms with Crippen LogP contribution in [0.4, 0.5) is 4.39 Å². The van der Waals surface area contributed by atoms with Gasteiger partial charge in [0.25, 0.3) is 0 Å². The van der Waals surface area contributed by atoms with E-state index in [9.17, 15) is 9.50 Å². The van der Waals surface area contributed by atoms with Gasteiger partial charge in [0.05, 0.1) is 5.52 Å². The zero-order chi connectivity index (χ0) is 13.9. The summed E-state index contributed by atoms with van der Waals surface area (Å²) in [7, 11) is 0. The SMILES string of the molecule is OC(Cc1ccc2ccccc2n1)c1ncccc1F. The first-order valence-corrected chi connectivity index (χ1v) is 6.37. The van der Waals surface area contributed by atoms with Crippen LogP contribution in [0.25, 0.3) is 10.9 Å². The number of fused-ring (bicyclic) bond motifs is 1. The summed E-state index contributed by atoms with van der Waals surface area (Å²) in [4.78, 5) is 8.34. The van der Waals surface area contributed by atoms with Crippen molar-refractivity contribution in [3.05, 3.63) is 71.9 Å². The van der Waals surface area contributed by atoms with Gasteiger partial charge in [0, 0.05) is 23.7 Å². The molecule has 3 aromatic rings. The molecule has 1 aromatic carbocycles. The average molecular weight is 268 g/mol. The van der Waals surface area contributed by atoms with Gasteiger partial charge in [0.2, 0.25) is 0 Å². The van der Waals surface area contributed by atoms with Crippen molar-refractivity contribution in [2.75, 3.05) is 0 Å². The Morgan fingerprint density at radius 3 is 2.75 bits per heavy atom. The maximum atomic E-state index is 13.6. The Labute approximate surface area is 115 Å². The van der Waals surface area contributed by atoms with Crippen LogP contribution in [0.5, 0.6) is 0 Å². The van der Waals surface area contributed by atoms with Gasteiger partial charge in [-0.3, -0.25) is 9.97 Å². The maximum absolute atomic E-state index is 13.6. The monoisotopic (exact) mass is 268 g/mol. The van der Waals surface area contributed by atoms with Crippen molar-refractivity contribution < 1.29 is 9.50 Å². The standard InChI is InChI=1S/C16H13FN2O/c17-13-5-3-9-18-16(13)15(20)10-12-8-7-11-4-1-2-6-14(11)19-12/h1-9,15,20H,10H2. The molecule has 3 nitrogen and oxygen atoms in total. The molecule has 2 aromatic heterocycles. The molecule has 20 heavy (non-hydrogen) atoms. The topological polar surface area (TPSA) is 46.0 Å². The van der Waals surface area contributed by atoms with Crippen LogP contribution in [-0.2, 0) is 6.42 Å². The molecule has 0 aliphatic heterocycles. The average Bonchev–Trinajstić information content (AvgIpc) is 2.47. The van der Waals surface area contributed by atoms with E-state index in [1.807, 2.05) is 36.4 Å². The number of hydrogen-bond acceptors (Lipinski definition) is 3. The van der Waals surface area contributed by atoms with Crippen molar-refractivity contribution in [3.63, 3.8) is 0 Å². The summed E-state index contributed by atoms with van der Waals surface area (Å²) in [6.45, 7) is 0. The van der Waals surface area contributed by atoms with E-state index in [-0.39, 0.29) is 12.1 Å². The summed E-state index contributed by atoms with van der Waals surface area (Å²) >= 11 is 0. The molecule has 0 spiro atoms. The molecule has 0 amide bonds. The highest BCUT2D eigenvalue weighted by Gasteiger charge is 2.15. The third-order valence-electron chi connectivity index (χ3n) is 3.16. The Bertz CT molecular complexity index is 745. The quantitative estimate of drug-likeness (QED) is 0.794. The van der Waals surface area contributed by atoms with E-state index in [0.717, 1.165) is 10.9 Å². The van der Waals surface area contributed by atoms with Gasteiger partial charge in [0.1, 0.15) is 17.6 Å². The minimum atomic E-state index is -0.995. The third kappa shape index (κ3) is 2.51. The first kappa shape index (κ1) is 12.7. The summed E-state index contributed by atoms with van der Waals surface area (Å²) in [5.41, 5.74) is 1.63. The highest BCUT2D eigenvalue weighted by Crippen LogP contribution is 2.19. The van der Waals surface area contributed by atoms with E-state index in [1.54, 1.807) is 0 Å². The van der Waals surface area contributed by atoms with Gasteiger partial charge < -0.3 is 5.11 Å². The van der Waals surface area contributed by atoms with E-state index in [2.05, 4.69) is 9.97 Å². The lowest BCUT2D eigenvalue weighted by atomic mass is 10.1. The third-order valence-corrected chi connectivity index (χ3v) is 3.16. The smallest absolute Gasteiger partial charge is 0.147 e. The molecule has 2 heterocycles. The van der Waals surface area contributed by atoms with E-state index in [1.165, 1.54) is 18.3 Å². The van der Waals surface area contributed by atoms with Crippen molar-refractivity contribution in [3.8, 4) is 0 Å². The zero-order valence-corrected chi connectivity index (χ0v) is 10.7. The fourth-order valence-electron chi connectivity index (χ4n) is 2.16. The molecule has 0 radical (unpaired) electrons. The highest BCUT2D eigenvalue weighted by atomic mass is 19.1. The minimum absolute atomic E-state index is 0.0578. The Morgan fingerprint density at radius 2 is 1.90 bits per heavy atom. The Morgan fingerprint density at radius 1 is 1.05 bits per heavy atom. The van der Waals surface area contributed by atoms with Gasteiger partial charge in [-0.2, -0.15) is 0 Å². The van der Waals surface area contributed by atoms with Crippen LogP contribution in [0, 0.1) is 5.82 Å². The zero-order valence-electron chi connectivity index (χ0n) is 10.7.